The summed E-state index contributed by atoms with van der Waals surface area (Å²) in [5, 5.41) is 2.01. The lowest BCUT2D eigenvalue weighted by atomic mass is 9.77. The number of benzene rings is 2. The zero-order valence-electron chi connectivity index (χ0n) is 15.3. The molecule has 1 aromatic heterocycles. The summed E-state index contributed by atoms with van der Waals surface area (Å²) in [6.07, 6.45) is 0.476. The van der Waals surface area contributed by atoms with Crippen molar-refractivity contribution < 1.29 is 14.3 Å². The van der Waals surface area contributed by atoms with Crippen molar-refractivity contribution in [1.29, 1.82) is 0 Å². The number of carbonyl (C=O) groups is 2. The van der Waals surface area contributed by atoms with E-state index in [0.717, 1.165) is 16.0 Å². The summed E-state index contributed by atoms with van der Waals surface area (Å²) in [6, 6.07) is 19.6. The van der Waals surface area contributed by atoms with Gasteiger partial charge in [0.1, 0.15) is 11.9 Å². The van der Waals surface area contributed by atoms with Gasteiger partial charge in [-0.25, -0.2) is 0 Å². The summed E-state index contributed by atoms with van der Waals surface area (Å²) in [5.41, 5.74) is 3.94. The minimum absolute atomic E-state index is 0.139. The molecule has 0 amide bonds. The molecule has 0 spiro atoms. The van der Waals surface area contributed by atoms with Crippen molar-refractivity contribution >= 4 is 28.7 Å². The number of ketones is 2. The molecule has 3 nitrogen and oxygen atoms in total. The summed E-state index contributed by atoms with van der Waals surface area (Å²) >= 11 is 1.62. The number of hydrogen-bond donors (Lipinski definition) is 0. The number of fused-ring (bicyclic) bond motifs is 2. The highest BCUT2D eigenvalue weighted by atomic mass is 32.1. The molecule has 0 N–H and O–H groups in total. The monoisotopic (exact) mass is 386 g/mol. The van der Waals surface area contributed by atoms with Gasteiger partial charge in [0.05, 0.1) is 5.57 Å². The van der Waals surface area contributed by atoms with Gasteiger partial charge < -0.3 is 4.74 Å². The first-order valence-corrected chi connectivity index (χ1v) is 10.2. The van der Waals surface area contributed by atoms with Crippen LogP contribution in [0.1, 0.15) is 50.4 Å². The highest BCUT2D eigenvalue weighted by Crippen LogP contribution is 2.49. The number of hydrogen-bond acceptors (Lipinski definition) is 4. The van der Waals surface area contributed by atoms with Crippen LogP contribution in [-0.4, -0.2) is 11.6 Å². The summed E-state index contributed by atoms with van der Waals surface area (Å²) in [7, 11) is 0. The van der Waals surface area contributed by atoms with E-state index >= 15 is 0 Å². The highest BCUT2D eigenvalue weighted by molar-refractivity contribution is 7.10. The lowest BCUT2D eigenvalue weighted by Crippen LogP contribution is -2.32. The van der Waals surface area contributed by atoms with Crippen LogP contribution in [0.4, 0.5) is 0 Å². The predicted octanol–water partition coefficient (Wildman–Crippen LogP) is 5.48. The van der Waals surface area contributed by atoms with Gasteiger partial charge in [-0.15, -0.1) is 11.3 Å². The molecule has 2 aliphatic rings. The van der Waals surface area contributed by atoms with Crippen molar-refractivity contribution in [3.05, 3.63) is 98.7 Å². The van der Waals surface area contributed by atoms with Crippen molar-refractivity contribution in [2.75, 3.05) is 0 Å². The van der Waals surface area contributed by atoms with E-state index in [4.69, 9.17) is 4.74 Å². The van der Waals surface area contributed by atoms with Crippen LogP contribution >= 0.6 is 11.3 Å². The van der Waals surface area contributed by atoms with E-state index in [-0.39, 0.29) is 12.0 Å². The molecular weight excluding hydrogens is 368 g/mol. The summed E-state index contributed by atoms with van der Waals surface area (Å²) < 4.78 is 6.40. The van der Waals surface area contributed by atoms with Crippen LogP contribution in [0, 0.1) is 6.92 Å². The topological polar surface area (TPSA) is 43.4 Å². The van der Waals surface area contributed by atoms with Crippen LogP contribution in [-0.2, 0) is 9.53 Å². The maximum atomic E-state index is 13.0. The molecule has 0 fully saturated rings. The fourth-order valence-electron chi connectivity index (χ4n) is 4.07. The van der Waals surface area contributed by atoms with Crippen molar-refractivity contribution in [2.45, 2.75) is 25.4 Å². The van der Waals surface area contributed by atoms with Crippen molar-refractivity contribution in [1.82, 2.24) is 0 Å². The van der Waals surface area contributed by atoms with E-state index in [1.165, 1.54) is 5.56 Å². The Morgan fingerprint density at radius 2 is 1.64 bits per heavy atom. The smallest absolute Gasteiger partial charge is 0.234 e. The average molecular weight is 386 g/mol. The maximum Gasteiger partial charge on any atom is 0.234 e. The first kappa shape index (κ1) is 17.1. The molecule has 4 heteroatoms. The lowest BCUT2D eigenvalue weighted by Gasteiger charge is -2.36. The Labute approximate surface area is 167 Å². The molecule has 2 heterocycles. The number of aryl methyl sites for hydroxylation is 1. The first-order chi connectivity index (χ1) is 13.6. The molecule has 0 bridgehead atoms. The molecule has 2 aromatic carbocycles. The largest absolute Gasteiger partial charge is 0.485 e. The Bertz CT molecular complexity index is 1110. The van der Waals surface area contributed by atoms with Crippen LogP contribution in [0.2, 0.25) is 0 Å². The fourth-order valence-corrected chi connectivity index (χ4v) is 4.92. The molecule has 5 rings (SSSR count). The molecule has 0 saturated carbocycles. The second-order valence-electron chi connectivity index (χ2n) is 7.27. The van der Waals surface area contributed by atoms with Crippen molar-refractivity contribution in [3.63, 3.8) is 0 Å². The van der Waals surface area contributed by atoms with Crippen molar-refractivity contribution in [3.8, 4) is 0 Å². The van der Waals surface area contributed by atoms with Crippen molar-refractivity contribution in [2.24, 2.45) is 0 Å². The quantitative estimate of drug-likeness (QED) is 0.548. The van der Waals surface area contributed by atoms with Crippen LogP contribution in [0.25, 0.3) is 5.76 Å². The number of allylic oxidation sites excluding steroid dienone is 1. The molecule has 138 valence electrons. The van der Waals surface area contributed by atoms with Gasteiger partial charge in [-0.05, 0) is 23.9 Å². The Morgan fingerprint density at radius 3 is 2.36 bits per heavy atom. The molecular formula is C24H18O3S. The van der Waals surface area contributed by atoms with Gasteiger partial charge in [0.25, 0.3) is 0 Å². The molecule has 2 atom stereocenters. The van der Waals surface area contributed by atoms with E-state index in [0.29, 0.717) is 23.3 Å². The minimum Gasteiger partial charge on any atom is -0.485 e. The van der Waals surface area contributed by atoms with E-state index in [2.05, 4.69) is 31.2 Å². The Kier molecular flexibility index (Phi) is 4.02. The minimum atomic E-state index is -0.437. The molecule has 0 radical (unpaired) electrons. The van der Waals surface area contributed by atoms with Gasteiger partial charge in [0.2, 0.25) is 11.6 Å². The van der Waals surface area contributed by atoms with E-state index < -0.39 is 11.6 Å². The lowest BCUT2D eigenvalue weighted by molar-refractivity contribution is -0.112. The van der Waals surface area contributed by atoms with Gasteiger partial charge in [-0.3, -0.25) is 9.59 Å². The van der Waals surface area contributed by atoms with E-state index in [1.54, 1.807) is 23.5 Å². The summed E-state index contributed by atoms with van der Waals surface area (Å²) in [5.74, 6) is -0.446. The molecule has 2 unspecified atom stereocenters. The summed E-state index contributed by atoms with van der Waals surface area (Å²) in [4.78, 5) is 26.9. The number of rotatable bonds is 2. The van der Waals surface area contributed by atoms with Gasteiger partial charge in [-0.2, -0.15) is 0 Å². The van der Waals surface area contributed by atoms with Gasteiger partial charge >= 0.3 is 0 Å². The summed E-state index contributed by atoms with van der Waals surface area (Å²) in [6.45, 7) is 2.06. The second-order valence-corrected chi connectivity index (χ2v) is 8.25. The molecule has 0 saturated heterocycles. The van der Waals surface area contributed by atoms with Crippen LogP contribution in [0.15, 0.2) is 71.6 Å². The second kappa shape index (κ2) is 6.57. The number of ether oxygens (including phenoxy) is 1. The first-order valence-electron chi connectivity index (χ1n) is 9.32. The number of Topliss-reactive ketones (excluding diaryl/α,β-unsaturated/α-hetero) is 2. The van der Waals surface area contributed by atoms with E-state index in [1.807, 2.05) is 29.6 Å². The Balaban J connectivity index is 1.70. The van der Waals surface area contributed by atoms with Gasteiger partial charge in [0, 0.05) is 28.3 Å². The Morgan fingerprint density at radius 1 is 0.893 bits per heavy atom. The fraction of sp³-hybridized carbons (Fsp3) is 0.167. The van der Waals surface area contributed by atoms with E-state index in [9.17, 15) is 9.59 Å². The predicted molar refractivity (Wildman–Crippen MR) is 109 cm³/mol. The van der Waals surface area contributed by atoms with Crippen LogP contribution in [0.3, 0.4) is 0 Å². The number of thiophene rings is 1. The third-order valence-electron chi connectivity index (χ3n) is 5.51. The zero-order chi connectivity index (χ0) is 19.3. The third kappa shape index (κ3) is 2.64. The van der Waals surface area contributed by atoms with Gasteiger partial charge in [0.15, 0.2) is 0 Å². The highest BCUT2D eigenvalue weighted by Gasteiger charge is 2.43. The van der Waals surface area contributed by atoms with Crippen LogP contribution in [0.5, 0.6) is 0 Å². The SMILES string of the molecule is Cc1ccc(C2CC(c3cccs3)C3=C(O2)c2ccccc2C(=O)C3=O)cc1. The molecule has 28 heavy (non-hydrogen) atoms. The molecule has 1 aliphatic heterocycles. The standard InChI is InChI=1S/C24H18O3S/c1-14-8-10-15(11-9-14)19-13-18(20-7-4-12-28-20)21-23(26)22(25)16-5-2-3-6-17(16)24(21)27-19/h2-12,18-19H,13H2,1H3. The van der Waals surface area contributed by atoms with Crippen LogP contribution < -0.4 is 0 Å². The normalized spacial score (nSPS) is 21.2. The molecule has 1 aliphatic carbocycles. The Hall–Kier alpha value is -2.98. The molecule has 3 aromatic rings. The van der Waals surface area contributed by atoms with Gasteiger partial charge in [-0.1, -0.05) is 60.2 Å². The third-order valence-corrected chi connectivity index (χ3v) is 6.49. The number of carbonyl (C=O) groups excluding carboxylic acids is 2. The maximum absolute atomic E-state index is 13.0. The average Bonchev–Trinajstić information content (AvgIpc) is 3.26. The zero-order valence-corrected chi connectivity index (χ0v) is 16.2.